The first-order valence-corrected chi connectivity index (χ1v) is 10.6. The lowest BCUT2D eigenvalue weighted by molar-refractivity contribution is 0.0955. The molecule has 2 heterocycles. The van der Waals surface area contributed by atoms with Crippen molar-refractivity contribution >= 4 is 23.2 Å². The number of nitrogens with zero attached hydrogens (tertiary/aromatic N) is 2. The van der Waals surface area contributed by atoms with Crippen molar-refractivity contribution in [2.75, 3.05) is 6.54 Å². The van der Waals surface area contributed by atoms with Crippen LogP contribution in [-0.4, -0.2) is 27.0 Å². The predicted octanol–water partition coefficient (Wildman–Crippen LogP) is 4.00. The summed E-state index contributed by atoms with van der Waals surface area (Å²) in [6, 6.07) is 12.2. The summed E-state index contributed by atoms with van der Waals surface area (Å²) in [5.74, 6) is -0.750. The fourth-order valence-corrected chi connectivity index (χ4v) is 3.79. The average Bonchev–Trinajstić information content (AvgIpc) is 3.18. The van der Waals surface area contributed by atoms with Crippen molar-refractivity contribution < 1.29 is 9.18 Å². The van der Waals surface area contributed by atoms with E-state index in [1.54, 1.807) is 13.0 Å². The van der Waals surface area contributed by atoms with Crippen LogP contribution in [0.3, 0.4) is 0 Å². The second-order valence-corrected chi connectivity index (χ2v) is 8.14. The molecule has 6 nitrogen and oxygen atoms in total. The summed E-state index contributed by atoms with van der Waals surface area (Å²) in [6.07, 6.45) is 2.37. The van der Waals surface area contributed by atoms with Gasteiger partial charge >= 0.3 is 0 Å². The van der Waals surface area contributed by atoms with Gasteiger partial charge in [-0.2, -0.15) is 0 Å². The lowest BCUT2D eigenvalue weighted by atomic mass is 10.0. The van der Waals surface area contributed by atoms with Crippen molar-refractivity contribution in [1.82, 2.24) is 19.9 Å². The number of nitrogens with one attached hydrogen (secondary N) is 2. The number of hydrogen-bond acceptors (Lipinski definition) is 3. The highest BCUT2D eigenvalue weighted by Crippen LogP contribution is 2.21. The molecule has 0 aliphatic heterocycles. The van der Waals surface area contributed by atoms with Crippen molar-refractivity contribution in [1.29, 1.82) is 0 Å². The number of fused-ring (bicyclic) bond motifs is 1. The van der Waals surface area contributed by atoms with E-state index in [9.17, 15) is 14.0 Å². The van der Waals surface area contributed by atoms with E-state index in [-0.39, 0.29) is 28.6 Å². The summed E-state index contributed by atoms with van der Waals surface area (Å²) in [5, 5.41) is 5.94. The van der Waals surface area contributed by atoms with Crippen molar-refractivity contribution in [2.24, 2.45) is 0 Å². The van der Waals surface area contributed by atoms with Gasteiger partial charge in [0.05, 0.1) is 0 Å². The van der Waals surface area contributed by atoms with Gasteiger partial charge in [0.15, 0.2) is 5.65 Å². The van der Waals surface area contributed by atoms with Crippen LogP contribution < -0.4 is 10.9 Å². The third-order valence-electron chi connectivity index (χ3n) is 5.41. The molecule has 0 unspecified atom stereocenters. The number of aromatic nitrogens is 3. The molecule has 0 saturated heterocycles. The smallest absolute Gasteiger partial charge is 0.276 e. The zero-order valence-corrected chi connectivity index (χ0v) is 18.5. The molecule has 0 radical (unpaired) electrons. The number of rotatable bonds is 6. The molecule has 0 spiro atoms. The Morgan fingerprint density at radius 3 is 2.66 bits per heavy atom. The Labute approximate surface area is 189 Å². The largest absolute Gasteiger partial charge is 0.352 e. The normalized spacial score (nSPS) is 11.1. The Hall–Kier alpha value is -3.45. The lowest BCUT2D eigenvalue weighted by Crippen LogP contribution is -2.27. The topological polar surface area (TPSA) is 79.3 Å². The van der Waals surface area contributed by atoms with Crippen LogP contribution in [0, 0.1) is 19.7 Å². The van der Waals surface area contributed by atoms with Crippen molar-refractivity contribution in [3.8, 4) is 0 Å². The van der Waals surface area contributed by atoms with E-state index in [4.69, 9.17) is 11.6 Å². The number of carbonyl (C=O) groups excluding carboxylic acids is 1. The Bertz CT molecular complexity index is 1360. The number of aromatic amines is 1. The minimum atomic E-state index is -0.442. The first-order valence-electron chi connectivity index (χ1n) is 10.2. The second-order valence-electron chi connectivity index (χ2n) is 7.73. The van der Waals surface area contributed by atoms with Crippen LogP contribution in [0.2, 0.25) is 5.02 Å². The third-order valence-corrected chi connectivity index (χ3v) is 5.76. The molecule has 4 aromatic rings. The van der Waals surface area contributed by atoms with Crippen molar-refractivity contribution in [2.45, 2.75) is 26.7 Å². The summed E-state index contributed by atoms with van der Waals surface area (Å²) < 4.78 is 14.6. The molecule has 0 aliphatic carbocycles. The van der Waals surface area contributed by atoms with Gasteiger partial charge in [-0.3, -0.25) is 14.7 Å². The fourth-order valence-electron chi connectivity index (χ4n) is 3.55. The molecule has 0 saturated carbocycles. The van der Waals surface area contributed by atoms with Crippen molar-refractivity contribution in [3.05, 3.63) is 103 Å². The monoisotopic (exact) mass is 452 g/mol. The Balaban J connectivity index is 1.55. The highest BCUT2D eigenvalue weighted by atomic mass is 35.5. The van der Waals surface area contributed by atoms with Gasteiger partial charge in [-0.05, 0) is 43.5 Å². The summed E-state index contributed by atoms with van der Waals surface area (Å²) in [6.45, 7) is 4.20. The molecule has 2 N–H and O–H groups in total. The molecule has 1 amide bonds. The van der Waals surface area contributed by atoms with Gasteiger partial charge in [-0.1, -0.05) is 47.5 Å². The van der Waals surface area contributed by atoms with E-state index in [1.165, 1.54) is 28.4 Å². The van der Waals surface area contributed by atoms with Gasteiger partial charge < -0.3 is 5.32 Å². The average molecular weight is 453 g/mol. The first-order chi connectivity index (χ1) is 15.3. The van der Waals surface area contributed by atoms with Gasteiger partial charge in [-0.15, -0.1) is 0 Å². The Morgan fingerprint density at radius 2 is 1.94 bits per heavy atom. The molecule has 0 bridgehead atoms. The zero-order valence-electron chi connectivity index (χ0n) is 17.7. The van der Waals surface area contributed by atoms with E-state index in [0.29, 0.717) is 35.3 Å². The highest BCUT2D eigenvalue weighted by Gasteiger charge is 2.19. The van der Waals surface area contributed by atoms with Crippen LogP contribution in [-0.2, 0) is 12.8 Å². The van der Waals surface area contributed by atoms with Gasteiger partial charge in [0.1, 0.15) is 11.4 Å². The number of amides is 1. The van der Waals surface area contributed by atoms with E-state index in [0.717, 1.165) is 5.56 Å². The number of halogens is 2. The molecule has 8 heteroatoms. The minimum Gasteiger partial charge on any atom is -0.352 e. The molecule has 2 aromatic carbocycles. The van der Waals surface area contributed by atoms with E-state index in [1.807, 2.05) is 31.2 Å². The van der Waals surface area contributed by atoms with E-state index in [2.05, 4.69) is 15.4 Å². The lowest BCUT2D eigenvalue weighted by Gasteiger charge is -2.08. The van der Waals surface area contributed by atoms with Crippen LogP contribution in [0.15, 0.2) is 53.5 Å². The molecular formula is C24H22ClFN4O2. The van der Waals surface area contributed by atoms with E-state index >= 15 is 0 Å². The van der Waals surface area contributed by atoms with Gasteiger partial charge in [0, 0.05) is 35.4 Å². The minimum absolute atomic E-state index is 0.205. The predicted molar refractivity (Wildman–Crippen MR) is 122 cm³/mol. The fraction of sp³-hybridized carbons (Fsp3) is 0.208. The molecule has 0 atom stereocenters. The van der Waals surface area contributed by atoms with Gasteiger partial charge in [-0.25, -0.2) is 13.9 Å². The summed E-state index contributed by atoms with van der Waals surface area (Å²) in [5.41, 5.74) is 4.07. The molecule has 164 valence electrons. The molecule has 0 fully saturated rings. The van der Waals surface area contributed by atoms with Gasteiger partial charge in [0.2, 0.25) is 0 Å². The first kappa shape index (κ1) is 21.8. The third kappa shape index (κ3) is 4.43. The number of H-pyrrole nitrogens is 1. The molecule has 0 aliphatic rings. The molecule has 4 rings (SSSR count). The van der Waals surface area contributed by atoms with Crippen LogP contribution in [0.1, 0.15) is 38.3 Å². The van der Waals surface area contributed by atoms with Crippen LogP contribution in [0.25, 0.3) is 5.65 Å². The maximum absolute atomic E-state index is 13.3. The molecule has 2 aromatic heterocycles. The van der Waals surface area contributed by atoms with Crippen LogP contribution in [0.4, 0.5) is 4.39 Å². The molecule has 32 heavy (non-hydrogen) atoms. The Morgan fingerprint density at radius 1 is 1.19 bits per heavy atom. The standard InChI is InChI=1S/C24H22ClFN4O2/c1-14-3-5-16(6-4-14)9-10-27-23(31)20-13-28-30-22(20)29-15(2)19(24(30)32)11-17-7-8-18(26)12-21(17)25/h3-8,12-13,28H,9-11H2,1-2H3,(H,27,31). The zero-order chi connectivity index (χ0) is 22.8. The number of aryl methyl sites for hydroxylation is 2. The maximum atomic E-state index is 13.3. The van der Waals surface area contributed by atoms with Crippen LogP contribution >= 0.6 is 11.6 Å². The summed E-state index contributed by atoms with van der Waals surface area (Å²) in [4.78, 5) is 30.2. The number of hydrogen-bond donors (Lipinski definition) is 2. The second kappa shape index (κ2) is 8.96. The SMILES string of the molecule is Cc1ccc(CCNC(=O)c2c[nH]n3c(=O)c(Cc4ccc(F)cc4Cl)c(C)nc23)cc1. The van der Waals surface area contributed by atoms with E-state index < -0.39 is 5.82 Å². The highest BCUT2D eigenvalue weighted by molar-refractivity contribution is 6.31. The maximum Gasteiger partial charge on any atom is 0.276 e. The van der Waals surface area contributed by atoms with Crippen LogP contribution in [0.5, 0.6) is 0 Å². The quantitative estimate of drug-likeness (QED) is 0.464. The Kier molecular flexibility index (Phi) is 6.10. The summed E-state index contributed by atoms with van der Waals surface area (Å²) >= 11 is 6.12. The number of benzene rings is 2. The van der Waals surface area contributed by atoms with Crippen molar-refractivity contribution in [3.63, 3.8) is 0 Å². The molecular weight excluding hydrogens is 431 g/mol. The van der Waals surface area contributed by atoms with Gasteiger partial charge in [0.25, 0.3) is 11.5 Å². The number of carbonyl (C=O) groups is 1. The summed E-state index contributed by atoms with van der Waals surface area (Å²) in [7, 11) is 0.